The van der Waals surface area contributed by atoms with Crippen molar-refractivity contribution in [2.24, 2.45) is 0 Å². The molecule has 0 saturated heterocycles. The first-order chi connectivity index (χ1) is 9.52. The Morgan fingerprint density at radius 2 is 1.70 bits per heavy atom. The number of thioether (sulfide) groups is 1. The predicted molar refractivity (Wildman–Crippen MR) is 93.9 cm³/mol. The van der Waals surface area contributed by atoms with Crippen LogP contribution in [0.1, 0.15) is 58.1 Å². The maximum Gasteiger partial charge on any atom is 0.0198 e. The van der Waals surface area contributed by atoms with E-state index >= 15 is 0 Å². The molecule has 20 heavy (non-hydrogen) atoms. The molecule has 0 aromatic heterocycles. The Morgan fingerprint density at radius 3 is 2.20 bits per heavy atom. The first-order valence-electron chi connectivity index (χ1n) is 7.96. The van der Waals surface area contributed by atoms with Gasteiger partial charge in [0, 0.05) is 11.8 Å². The van der Waals surface area contributed by atoms with E-state index in [4.69, 9.17) is 0 Å². The van der Waals surface area contributed by atoms with Crippen molar-refractivity contribution in [1.82, 2.24) is 5.32 Å². The Labute approximate surface area is 129 Å². The fraction of sp³-hybridized carbons (Fsp3) is 0.667. The van der Waals surface area contributed by atoms with Crippen LogP contribution in [0, 0.1) is 0 Å². The van der Waals surface area contributed by atoms with Gasteiger partial charge in [-0.15, -0.1) is 0 Å². The molecule has 1 aromatic rings. The monoisotopic (exact) mass is 293 g/mol. The van der Waals surface area contributed by atoms with Gasteiger partial charge in [-0.1, -0.05) is 58.9 Å². The summed E-state index contributed by atoms with van der Waals surface area (Å²) >= 11 is 2.05. The fourth-order valence-electron chi connectivity index (χ4n) is 2.17. The SMILES string of the molecule is CCCNC(CSC(C)C)Cc1ccc(C(C)C)cc1. The van der Waals surface area contributed by atoms with E-state index in [0.717, 1.165) is 13.0 Å². The van der Waals surface area contributed by atoms with Crippen molar-refractivity contribution in [2.75, 3.05) is 12.3 Å². The maximum atomic E-state index is 3.69. The van der Waals surface area contributed by atoms with Crippen molar-refractivity contribution in [2.45, 2.75) is 64.7 Å². The third-order valence-corrected chi connectivity index (χ3v) is 4.70. The van der Waals surface area contributed by atoms with Gasteiger partial charge in [-0.2, -0.15) is 11.8 Å². The highest BCUT2D eigenvalue weighted by Gasteiger charge is 2.10. The lowest BCUT2D eigenvalue weighted by molar-refractivity contribution is 0.549. The van der Waals surface area contributed by atoms with Crippen molar-refractivity contribution in [3.63, 3.8) is 0 Å². The standard InChI is InChI=1S/C18H31NS/c1-6-11-19-18(13-20-15(4)5)12-16-7-9-17(10-8-16)14(2)3/h7-10,14-15,18-19H,6,11-13H2,1-5H3. The van der Waals surface area contributed by atoms with Crippen molar-refractivity contribution < 1.29 is 0 Å². The van der Waals surface area contributed by atoms with Gasteiger partial charge in [-0.25, -0.2) is 0 Å². The molecule has 0 aliphatic rings. The van der Waals surface area contributed by atoms with Crippen LogP contribution in [0.4, 0.5) is 0 Å². The van der Waals surface area contributed by atoms with Gasteiger partial charge in [0.2, 0.25) is 0 Å². The lowest BCUT2D eigenvalue weighted by Crippen LogP contribution is -2.34. The van der Waals surface area contributed by atoms with E-state index in [2.05, 4.69) is 76.0 Å². The molecule has 0 saturated carbocycles. The van der Waals surface area contributed by atoms with E-state index in [0.29, 0.717) is 17.2 Å². The second-order valence-corrected chi connectivity index (χ2v) is 7.74. The number of hydrogen-bond donors (Lipinski definition) is 1. The third kappa shape index (κ3) is 6.81. The second-order valence-electron chi connectivity index (χ2n) is 6.13. The van der Waals surface area contributed by atoms with Crippen LogP contribution in [-0.2, 0) is 6.42 Å². The molecular weight excluding hydrogens is 262 g/mol. The van der Waals surface area contributed by atoms with Crippen LogP contribution in [0.2, 0.25) is 0 Å². The van der Waals surface area contributed by atoms with Crippen LogP contribution < -0.4 is 5.32 Å². The molecule has 0 heterocycles. The molecule has 1 unspecified atom stereocenters. The van der Waals surface area contributed by atoms with E-state index in [1.54, 1.807) is 0 Å². The first-order valence-corrected chi connectivity index (χ1v) is 9.01. The molecule has 0 fully saturated rings. The Bertz CT molecular complexity index is 356. The smallest absolute Gasteiger partial charge is 0.0198 e. The summed E-state index contributed by atoms with van der Waals surface area (Å²) in [5.74, 6) is 1.82. The van der Waals surface area contributed by atoms with Crippen molar-refractivity contribution in [3.05, 3.63) is 35.4 Å². The lowest BCUT2D eigenvalue weighted by atomic mass is 9.99. The van der Waals surface area contributed by atoms with Crippen LogP contribution in [0.25, 0.3) is 0 Å². The van der Waals surface area contributed by atoms with Gasteiger partial charge < -0.3 is 5.32 Å². The van der Waals surface area contributed by atoms with Crippen LogP contribution >= 0.6 is 11.8 Å². The molecule has 1 aromatic carbocycles. The Kier molecular flexibility index (Phi) is 8.32. The molecule has 0 aliphatic heterocycles. The average molecular weight is 294 g/mol. The zero-order chi connectivity index (χ0) is 15.0. The van der Waals surface area contributed by atoms with Crippen molar-refractivity contribution >= 4 is 11.8 Å². The van der Waals surface area contributed by atoms with E-state index in [1.807, 2.05) is 0 Å². The van der Waals surface area contributed by atoms with Crippen LogP contribution in [0.3, 0.4) is 0 Å². The molecular formula is C18H31NS. The largest absolute Gasteiger partial charge is 0.313 e. The van der Waals surface area contributed by atoms with Crippen LogP contribution in [0.5, 0.6) is 0 Å². The zero-order valence-corrected chi connectivity index (χ0v) is 14.6. The van der Waals surface area contributed by atoms with Gasteiger partial charge in [-0.05, 0) is 41.7 Å². The number of hydrogen-bond acceptors (Lipinski definition) is 2. The van der Waals surface area contributed by atoms with Crippen LogP contribution in [0.15, 0.2) is 24.3 Å². The molecule has 1 atom stereocenters. The molecule has 114 valence electrons. The summed E-state index contributed by atoms with van der Waals surface area (Å²) in [7, 11) is 0. The van der Waals surface area contributed by atoms with E-state index in [9.17, 15) is 0 Å². The molecule has 0 aliphatic carbocycles. The van der Waals surface area contributed by atoms with E-state index in [1.165, 1.54) is 23.3 Å². The summed E-state index contributed by atoms with van der Waals surface area (Å²) < 4.78 is 0. The molecule has 2 heteroatoms. The first kappa shape index (κ1) is 17.6. The van der Waals surface area contributed by atoms with Gasteiger partial charge >= 0.3 is 0 Å². The summed E-state index contributed by atoms with van der Waals surface area (Å²) in [5, 5.41) is 4.40. The quantitative estimate of drug-likeness (QED) is 0.697. The highest BCUT2D eigenvalue weighted by molar-refractivity contribution is 7.99. The molecule has 0 spiro atoms. The molecule has 1 N–H and O–H groups in total. The van der Waals surface area contributed by atoms with Gasteiger partial charge in [0.25, 0.3) is 0 Å². The maximum absolute atomic E-state index is 3.69. The number of benzene rings is 1. The van der Waals surface area contributed by atoms with Gasteiger partial charge in [0.05, 0.1) is 0 Å². The topological polar surface area (TPSA) is 12.0 Å². The third-order valence-electron chi connectivity index (χ3n) is 3.44. The summed E-state index contributed by atoms with van der Waals surface area (Å²) in [6.07, 6.45) is 2.34. The number of nitrogens with one attached hydrogen (secondary N) is 1. The minimum absolute atomic E-state index is 0.590. The zero-order valence-electron chi connectivity index (χ0n) is 13.8. The van der Waals surface area contributed by atoms with E-state index < -0.39 is 0 Å². The fourth-order valence-corrected chi connectivity index (χ4v) is 3.02. The summed E-state index contributed by atoms with van der Waals surface area (Å²) in [5.41, 5.74) is 2.88. The minimum atomic E-state index is 0.590. The Balaban J connectivity index is 2.58. The van der Waals surface area contributed by atoms with Crippen molar-refractivity contribution in [3.8, 4) is 0 Å². The highest BCUT2D eigenvalue weighted by Crippen LogP contribution is 2.17. The molecule has 0 bridgehead atoms. The highest BCUT2D eigenvalue weighted by atomic mass is 32.2. The second kappa shape index (κ2) is 9.46. The molecule has 1 nitrogen and oxygen atoms in total. The Morgan fingerprint density at radius 1 is 1.05 bits per heavy atom. The Hall–Kier alpha value is -0.470. The average Bonchev–Trinajstić information content (AvgIpc) is 2.42. The number of rotatable bonds is 9. The molecule has 1 rings (SSSR count). The van der Waals surface area contributed by atoms with Gasteiger partial charge in [0.1, 0.15) is 0 Å². The normalized spacial score (nSPS) is 13.2. The molecule has 0 radical (unpaired) electrons. The van der Waals surface area contributed by atoms with Crippen LogP contribution in [-0.4, -0.2) is 23.6 Å². The van der Waals surface area contributed by atoms with E-state index in [-0.39, 0.29) is 0 Å². The predicted octanol–water partition coefficient (Wildman–Crippen LogP) is 4.86. The summed E-state index contributed by atoms with van der Waals surface area (Å²) in [6.45, 7) is 12.4. The lowest BCUT2D eigenvalue weighted by Gasteiger charge is -2.20. The molecule has 0 amide bonds. The van der Waals surface area contributed by atoms with Crippen molar-refractivity contribution in [1.29, 1.82) is 0 Å². The van der Waals surface area contributed by atoms with Gasteiger partial charge in [0.15, 0.2) is 0 Å². The summed E-state index contributed by atoms with van der Waals surface area (Å²) in [6, 6.07) is 9.76. The minimum Gasteiger partial charge on any atom is -0.313 e. The summed E-state index contributed by atoms with van der Waals surface area (Å²) in [4.78, 5) is 0. The van der Waals surface area contributed by atoms with Gasteiger partial charge in [-0.3, -0.25) is 0 Å².